The van der Waals surface area contributed by atoms with Crippen LogP contribution in [0.2, 0.25) is 0 Å². The van der Waals surface area contributed by atoms with E-state index in [1.165, 1.54) is 5.56 Å². The molecule has 0 saturated carbocycles. The van der Waals surface area contributed by atoms with E-state index >= 15 is 0 Å². The lowest BCUT2D eigenvalue weighted by Crippen LogP contribution is -2.27. The number of carbonyl (C=O) groups is 1. The van der Waals surface area contributed by atoms with Crippen LogP contribution in [0.5, 0.6) is 0 Å². The van der Waals surface area contributed by atoms with Gasteiger partial charge in [0.15, 0.2) is 5.82 Å². The number of hydrogen-bond donors (Lipinski definition) is 2. The number of nitrogens with zero attached hydrogens (tertiary/aromatic N) is 3. The van der Waals surface area contributed by atoms with Gasteiger partial charge in [-0.1, -0.05) is 19.1 Å². The number of carbonyl (C=O) groups excluding carboxylic acids is 1. The second-order valence-electron chi connectivity index (χ2n) is 5.95. The van der Waals surface area contributed by atoms with Crippen molar-refractivity contribution in [2.75, 3.05) is 18.4 Å². The summed E-state index contributed by atoms with van der Waals surface area (Å²) in [6.07, 6.45) is 3.04. The Hall–Kier alpha value is -1.92. The van der Waals surface area contributed by atoms with Crippen molar-refractivity contribution in [1.29, 1.82) is 0 Å². The Labute approximate surface area is 148 Å². The maximum absolute atomic E-state index is 12.3. The molecule has 7 heteroatoms. The van der Waals surface area contributed by atoms with E-state index in [1.807, 2.05) is 31.3 Å². The first-order valence-corrected chi connectivity index (χ1v) is 8.19. The first kappa shape index (κ1) is 18.4. The van der Waals surface area contributed by atoms with Gasteiger partial charge in [-0.15, -0.1) is 12.4 Å². The van der Waals surface area contributed by atoms with Crippen LogP contribution in [0.25, 0.3) is 0 Å². The third-order valence-electron chi connectivity index (χ3n) is 4.33. The number of benzene rings is 1. The molecular weight excluding hydrogens is 326 g/mol. The van der Waals surface area contributed by atoms with Gasteiger partial charge in [-0.05, 0) is 50.0 Å². The number of amides is 1. The van der Waals surface area contributed by atoms with Crippen LogP contribution >= 0.6 is 12.4 Å². The maximum Gasteiger partial charge on any atom is 0.258 e. The lowest BCUT2D eigenvalue weighted by Gasteiger charge is -2.19. The van der Waals surface area contributed by atoms with Crippen molar-refractivity contribution >= 4 is 24.3 Å². The van der Waals surface area contributed by atoms with Crippen LogP contribution in [0, 0.1) is 0 Å². The van der Waals surface area contributed by atoms with Crippen molar-refractivity contribution in [1.82, 2.24) is 20.1 Å². The molecule has 1 aliphatic rings. The van der Waals surface area contributed by atoms with Gasteiger partial charge in [-0.25, -0.2) is 4.68 Å². The molecule has 1 aromatic carbocycles. The molecule has 6 nitrogen and oxygen atoms in total. The third kappa shape index (κ3) is 4.13. The quantitative estimate of drug-likeness (QED) is 0.889. The van der Waals surface area contributed by atoms with Crippen molar-refractivity contribution in [3.05, 3.63) is 41.2 Å². The molecule has 130 valence electrons. The minimum Gasteiger partial charge on any atom is -0.317 e. The van der Waals surface area contributed by atoms with Crippen LogP contribution < -0.4 is 10.6 Å². The fourth-order valence-electron chi connectivity index (χ4n) is 2.83. The fourth-order valence-corrected chi connectivity index (χ4v) is 2.83. The summed E-state index contributed by atoms with van der Waals surface area (Å²) in [6, 6.07) is 7.65. The van der Waals surface area contributed by atoms with Gasteiger partial charge in [-0.2, -0.15) is 10.1 Å². The van der Waals surface area contributed by atoms with Gasteiger partial charge in [0.05, 0.1) is 0 Å². The monoisotopic (exact) mass is 349 g/mol. The van der Waals surface area contributed by atoms with Gasteiger partial charge in [-0.3, -0.25) is 10.1 Å². The number of halogens is 1. The average Bonchev–Trinajstić information content (AvgIpc) is 2.96. The molecule has 24 heavy (non-hydrogen) atoms. The minimum atomic E-state index is -0.153. The van der Waals surface area contributed by atoms with Gasteiger partial charge < -0.3 is 5.32 Å². The van der Waals surface area contributed by atoms with E-state index in [1.54, 1.807) is 4.68 Å². The Morgan fingerprint density at radius 2 is 1.96 bits per heavy atom. The standard InChI is InChI=1S/C17H23N5O.ClH/c1-3-12-4-6-14(7-5-12)16(23)20-17-19-15(21-22(17)2)13-8-10-18-11-9-13;/h4-7,13,18H,3,8-11H2,1-2H3,(H,19,20,21,23);1H. The molecule has 1 fully saturated rings. The molecular formula is C17H24ClN5O. The van der Waals surface area contributed by atoms with Crippen LogP contribution in [0.15, 0.2) is 24.3 Å². The van der Waals surface area contributed by atoms with Crippen molar-refractivity contribution in [2.45, 2.75) is 32.1 Å². The molecule has 0 unspecified atom stereocenters. The summed E-state index contributed by atoms with van der Waals surface area (Å²) >= 11 is 0. The van der Waals surface area contributed by atoms with E-state index in [2.05, 4.69) is 27.6 Å². The summed E-state index contributed by atoms with van der Waals surface area (Å²) in [5.74, 6) is 1.55. The van der Waals surface area contributed by atoms with Crippen LogP contribution in [-0.4, -0.2) is 33.8 Å². The Kier molecular flexibility index (Phi) is 6.34. The smallest absolute Gasteiger partial charge is 0.258 e. The summed E-state index contributed by atoms with van der Waals surface area (Å²) in [5, 5.41) is 10.7. The van der Waals surface area contributed by atoms with Crippen LogP contribution in [-0.2, 0) is 13.5 Å². The summed E-state index contributed by atoms with van der Waals surface area (Å²) in [5.41, 5.74) is 1.85. The number of anilines is 1. The first-order valence-electron chi connectivity index (χ1n) is 8.19. The Bertz CT molecular complexity index is 677. The first-order chi connectivity index (χ1) is 11.2. The maximum atomic E-state index is 12.3. The molecule has 1 aliphatic heterocycles. The highest BCUT2D eigenvalue weighted by Crippen LogP contribution is 2.23. The zero-order valence-corrected chi connectivity index (χ0v) is 14.9. The second kappa shape index (κ2) is 8.26. The fraction of sp³-hybridized carbons (Fsp3) is 0.471. The molecule has 0 spiro atoms. The number of aryl methyl sites for hydroxylation is 2. The summed E-state index contributed by atoms with van der Waals surface area (Å²) in [6.45, 7) is 4.08. The van der Waals surface area contributed by atoms with Crippen LogP contribution in [0.1, 0.15) is 47.4 Å². The topological polar surface area (TPSA) is 71.8 Å². The second-order valence-corrected chi connectivity index (χ2v) is 5.95. The lowest BCUT2D eigenvalue weighted by atomic mass is 9.98. The molecule has 1 saturated heterocycles. The largest absolute Gasteiger partial charge is 0.317 e. The van der Waals surface area contributed by atoms with Crippen molar-refractivity contribution in [3.8, 4) is 0 Å². The zero-order chi connectivity index (χ0) is 16.2. The molecule has 1 amide bonds. The number of nitrogens with one attached hydrogen (secondary N) is 2. The van der Waals surface area contributed by atoms with E-state index in [4.69, 9.17) is 0 Å². The van der Waals surface area contributed by atoms with E-state index in [-0.39, 0.29) is 18.3 Å². The minimum absolute atomic E-state index is 0. The van der Waals surface area contributed by atoms with Gasteiger partial charge in [0.1, 0.15) is 0 Å². The molecule has 1 aromatic heterocycles. The summed E-state index contributed by atoms with van der Waals surface area (Å²) < 4.78 is 1.65. The predicted molar refractivity (Wildman–Crippen MR) is 96.9 cm³/mol. The molecule has 0 radical (unpaired) electrons. The number of aromatic nitrogens is 3. The average molecular weight is 350 g/mol. The molecule has 2 N–H and O–H groups in total. The molecule has 0 atom stereocenters. The Morgan fingerprint density at radius 3 is 2.58 bits per heavy atom. The van der Waals surface area contributed by atoms with Crippen LogP contribution in [0.3, 0.4) is 0 Å². The van der Waals surface area contributed by atoms with E-state index < -0.39 is 0 Å². The molecule has 0 bridgehead atoms. The lowest BCUT2D eigenvalue weighted by molar-refractivity contribution is 0.102. The van der Waals surface area contributed by atoms with E-state index in [0.29, 0.717) is 17.4 Å². The van der Waals surface area contributed by atoms with Gasteiger partial charge in [0.2, 0.25) is 5.95 Å². The highest BCUT2D eigenvalue weighted by Gasteiger charge is 2.21. The summed E-state index contributed by atoms with van der Waals surface area (Å²) in [7, 11) is 1.81. The molecule has 2 aromatic rings. The van der Waals surface area contributed by atoms with Crippen LogP contribution in [0.4, 0.5) is 5.95 Å². The predicted octanol–water partition coefficient (Wildman–Crippen LogP) is 2.52. The Balaban J connectivity index is 0.00000208. The van der Waals surface area contributed by atoms with E-state index in [9.17, 15) is 4.79 Å². The van der Waals surface area contributed by atoms with Crippen molar-refractivity contribution < 1.29 is 4.79 Å². The SMILES string of the molecule is CCc1ccc(C(=O)Nc2nc(C3CCNCC3)nn2C)cc1.Cl. The number of piperidine rings is 1. The normalized spacial score (nSPS) is 14.9. The van der Waals surface area contributed by atoms with Gasteiger partial charge in [0.25, 0.3) is 5.91 Å². The highest BCUT2D eigenvalue weighted by molar-refractivity contribution is 6.03. The van der Waals surface area contributed by atoms with Gasteiger partial charge >= 0.3 is 0 Å². The zero-order valence-electron chi connectivity index (χ0n) is 14.1. The van der Waals surface area contributed by atoms with Gasteiger partial charge in [0, 0.05) is 18.5 Å². The molecule has 2 heterocycles. The molecule has 0 aliphatic carbocycles. The third-order valence-corrected chi connectivity index (χ3v) is 4.33. The molecule has 3 rings (SSSR count). The van der Waals surface area contributed by atoms with Crippen molar-refractivity contribution in [3.63, 3.8) is 0 Å². The number of hydrogen-bond acceptors (Lipinski definition) is 4. The number of rotatable bonds is 4. The Morgan fingerprint density at radius 1 is 1.29 bits per heavy atom. The van der Waals surface area contributed by atoms with Crippen molar-refractivity contribution in [2.24, 2.45) is 7.05 Å². The highest BCUT2D eigenvalue weighted by atomic mass is 35.5. The van der Waals surface area contributed by atoms with E-state index in [0.717, 1.165) is 38.2 Å². The summed E-state index contributed by atoms with van der Waals surface area (Å²) in [4.78, 5) is 16.9.